The van der Waals surface area contributed by atoms with E-state index in [1.54, 1.807) is 12.1 Å². The van der Waals surface area contributed by atoms with Gasteiger partial charge in [0, 0.05) is 31.3 Å². The highest BCUT2D eigenvalue weighted by Gasteiger charge is 2.30. The first kappa shape index (κ1) is 15.9. The van der Waals surface area contributed by atoms with Crippen LogP contribution in [-0.2, 0) is 11.3 Å². The lowest BCUT2D eigenvalue weighted by molar-refractivity contribution is -0.141. The fourth-order valence-electron chi connectivity index (χ4n) is 2.31. The van der Waals surface area contributed by atoms with Crippen LogP contribution in [0.2, 0.25) is 0 Å². The third-order valence-corrected chi connectivity index (χ3v) is 3.57. The van der Waals surface area contributed by atoms with Crippen LogP contribution in [0.1, 0.15) is 12.0 Å². The zero-order valence-corrected chi connectivity index (χ0v) is 12.5. The molecule has 1 unspecified atom stereocenters. The van der Waals surface area contributed by atoms with Crippen LogP contribution in [-0.4, -0.2) is 54.3 Å². The van der Waals surface area contributed by atoms with Crippen molar-refractivity contribution in [3.63, 3.8) is 0 Å². The molecule has 1 aromatic heterocycles. The summed E-state index contributed by atoms with van der Waals surface area (Å²) < 4.78 is 10.2. The Morgan fingerprint density at radius 1 is 1.41 bits per heavy atom. The molecule has 1 saturated heterocycles. The summed E-state index contributed by atoms with van der Waals surface area (Å²) in [5.41, 5.74) is 0.714. The Balaban J connectivity index is 1.93. The molecule has 1 aromatic rings. The second-order valence-corrected chi connectivity index (χ2v) is 4.95. The van der Waals surface area contributed by atoms with Gasteiger partial charge in [-0.15, -0.1) is 0 Å². The van der Waals surface area contributed by atoms with Gasteiger partial charge in [-0.2, -0.15) is 4.98 Å². The minimum absolute atomic E-state index is 0.235. The predicted molar refractivity (Wildman–Crippen MR) is 76.9 cm³/mol. The Hall–Kier alpha value is -2.51. The number of aromatic nitrogens is 1. The molecule has 1 aliphatic rings. The Labute approximate surface area is 128 Å². The van der Waals surface area contributed by atoms with Crippen LogP contribution in [0.3, 0.4) is 0 Å². The lowest BCUT2D eigenvalue weighted by Gasteiger charge is -2.17. The minimum Gasteiger partial charge on any atom is -0.481 e. The Morgan fingerprint density at radius 3 is 2.77 bits per heavy atom. The number of rotatable bonds is 5. The van der Waals surface area contributed by atoms with Gasteiger partial charge in [0.05, 0.1) is 20.1 Å². The Kier molecular flexibility index (Phi) is 5.03. The normalized spacial score (nSPS) is 17.2. The van der Waals surface area contributed by atoms with Gasteiger partial charge in [0.25, 0.3) is 0 Å². The van der Waals surface area contributed by atoms with Gasteiger partial charge in [-0.05, 0) is 12.5 Å². The summed E-state index contributed by atoms with van der Waals surface area (Å²) in [7, 11) is 3.00. The van der Waals surface area contributed by atoms with Gasteiger partial charge < -0.3 is 24.8 Å². The number of carboxylic acid groups (broad SMARTS) is 1. The van der Waals surface area contributed by atoms with Crippen LogP contribution in [0.15, 0.2) is 12.1 Å². The number of nitrogens with one attached hydrogen (secondary N) is 1. The van der Waals surface area contributed by atoms with Gasteiger partial charge in [-0.1, -0.05) is 0 Å². The number of aliphatic carboxylic acids is 1. The van der Waals surface area contributed by atoms with E-state index >= 15 is 0 Å². The number of carboxylic acids is 1. The molecule has 0 aromatic carbocycles. The second-order valence-electron chi connectivity index (χ2n) is 4.95. The fraction of sp³-hybridized carbons (Fsp3) is 0.500. The number of nitrogens with zero attached hydrogens (tertiary/aromatic N) is 2. The highest BCUT2D eigenvalue weighted by atomic mass is 16.5. The molecule has 2 heterocycles. The largest absolute Gasteiger partial charge is 0.481 e. The number of amides is 2. The molecular weight excluding hydrogens is 290 g/mol. The summed E-state index contributed by atoms with van der Waals surface area (Å²) in [5, 5.41) is 11.7. The fourth-order valence-corrected chi connectivity index (χ4v) is 2.31. The molecule has 1 aliphatic heterocycles. The van der Waals surface area contributed by atoms with E-state index in [-0.39, 0.29) is 19.1 Å². The molecule has 2 amide bonds. The lowest BCUT2D eigenvalue weighted by Crippen LogP contribution is -2.38. The highest BCUT2D eigenvalue weighted by Crippen LogP contribution is 2.20. The van der Waals surface area contributed by atoms with Crippen molar-refractivity contribution in [1.82, 2.24) is 15.2 Å². The Bertz CT molecular complexity index is 563. The summed E-state index contributed by atoms with van der Waals surface area (Å²) in [5.74, 6) is -0.542. The van der Waals surface area contributed by atoms with E-state index < -0.39 is 11.9 Å². The number of urea groups is 1. The number of likely N-dealkylation sites (tertiary alicyclic amines) is 1. The van der Waals surface area contributed by atoms with Gasteiger partial charge in [-0.25, -0.2) is 4.79 Å². The molecule has 1 fully saturated rings. The van der Waals surface area contributed by atoms with Gasteiger partial charge >= 0.3 is 12.0 Å². The maximum Gasteiger partial charge on any atom is 0.317 e. The molecule has 22 heavy (non-hydrogen) atoms. The van der Waals surface area contributed by atoms with E-state index in [2.05, 4.69) is 10.3 Å². The molecule has 8 heteroatoms. The van der Waals surface area contributed by atoms with E-state index in [0.717, 1.165) is 0 Å². The van der Waals surface area contributed by atoms with Gasteiger partial charge in [-0.3, -0.25) is 4.79 Å². The number of hydrogen-bond acceptors (Lipinski definition) is 5. The van der Waals surface area contributed by atoms with E-state index in [1.165, 1.54) is 19.1 Å². The van der Waals surface area contributed by atoms with Crippen LogP contribution in [0.25, 0.3) is 0 Å². The quantitative estimate of drug-likeness (QED) is 0.831. The highest BCUT2D eigenvalue weighted by molar-refractivity contribution is 5.77. The zero-order valence-electron chi connectivity index (χ0n) is 12.5. The molecule has 2 N–H and O–H groups in total. The number of carbonyl (C=O) groups is 2. The van der Waals surface area contributed by atoms with E-state index in [4.69, 9.17) is 14.6 Å². The first-order valence-electron chi connectivity index (χ1n) is 6.88. The van der Waals surface area contributed by atoms with Crippen LogP contribution >= 0.6 is 0 Å². The van der Waals surface area contributed by atoms with Crippen LogP contribution < -0.4 is 14.8 Å². The van der Waals surface area contributed by atoms with Crippen molar-refractivity contribution in [2.24, 2.45) is 5.92 Å². The standard InChI is InChI=1S/C14H19N3O5/c1-21-11-4-3-9(12(16-11)22-2)7-15-14(20)17-6-5-10(8-17)13(18)19/h3-4,10H,5-8H2,1-2H3,(H,15,20)(H,18,19). The number of methoxy groups -OCH3 is 2. The average Bonchev–Trinajstić information content (AvgIpc) is 3.02. The number of carbonyl (C=O) groups excluding carboxylic acids is 1. The van der Waals surface area contributed by atoms with Crippen molar-refractivity contribution in [1.29, 1.82) is 0 Å². The van der Waals surface area contributed by atoms with Crippen LogP contribution in [0, 0.1) is 5.92 Å². The molecular formula is C14H19N3O5. The van der Waals surface area contributed by atoms with Crippen molar-refractivity contribution in [3.8, 4) is 11.8 Å². The molecule has 0 bridgehead atoms. The molecule has 8 nitrogen and oxygen atoms in total. The lowest BCUT2D eigenvalue weighted by atomic mass is 10.1. The first-order valence-corrected chi connectivity index (χ1v) is 6.88. The number of hydrogen-bond donors (Lipinski definition) is 2. The summed E-state index contributed by atoms with van der Waals surface area (Å²) in [6.07, 6.45) is 0.482. The molecule has 0 radical (unpaired) electrons. The molecule has 2 rings (SSSR count). The predicted octanol–water partition coefficient (Wildman–Crippen LogP) is 0.715. The number of pyridine rings is 1. The molecule has 120 valence electrons. The summed E-state index contributed by atoms with van der Waals surface area (Å²) >= 11 is 0. The molecule has 0 aliphatic carbocycles. The van der Waals surface area contributed by atoms with Gasteiger partial charge in [0.1, 0.15) is 0 Å². The van der Waals surface area contributed by atoms with Crippen LogP contribution in [0.5, 0.6) is 11.8 Å². The molecule has 1 atom stereocenters. The third kappa shape index (κ3) is 3.57. The van der Waals surface area contributed by atoms with Gasteiger partial charge in [0.15, 0.2) is 0 Å². The summed E-state index contributed by atoms with van der Waals surface area (Å²) in [4.78, 5) is 28.6. The van der Waals surface area contributed by atoms with Crippen molar-refractivity contribution in [2.75, 3.05) is 27.3 Å². The minimum atomic E-state index is -0.865. The number of ether oxygens (including phenoxy) is 2. The average molecular weight is 309 g/mol. The Morgan fingerprint density at radius 2 is 2.18 bits per heavy atom. The topological polar surface area (TPSA) is 101 Å². The maximum atomic E-state index is 12.0. The SMILES string of the molecule is COc1ccc(CNC(=O)N2CCC(C(=O)O)C2)c(OC)n1. The zero-order chi connectivity index (χ0) is 16.1. The smallest absolute Gasteiger partial charge is 0.317 e. The third-order valence-electron chi connectivity index (χ3n) is 3.57. The van der Waals surface area contributed by atoms with Crippen molar-refractivity contribution < 1.29 is 24.2 Å². The molecule has 0 saturated carbocycles. The van der Waals surface area contributed by atoms with Crippen molar-refractivity contribution >= 4 is 12.0 Å². The van der Waals surface area contributed by atoms with E-state index in [0.29, 0.717) is 30.3 Å². The summed E-state index contributed by atoms with van der Waals surface area (Å²) in [6.45, 7) is 0.924. The summed E-state index contributed by atoms with van der Waals surface area (Å²) in [6, 6.07) is 3.15. The van der Waals surface area contributed by atoms with Crippen LogP contribution in [0.4, 0.5) is 4.79 Å². The monoisotopic (exact) mass is 309 g/mol. The van der Waals surface area contributed by atoms with Crippen molar-refractivity contribution in [3.05, 3.63) is 17.7 Å². The maximum absolute atomic E-state index is 12.0. The van der Waals surface area contributed by atoms with E-state index in [9.17, 15) is 9.59 Å². The second kappa shape index (κ2) is 6.97. The van der Waals surface area contributed by atoms with Gasteiger partial charge in [0.2, 0.25) is 11.8 Å². The van der Waals surface area contributed by atoms with E-state index in [1.807, 2.05) is 0 Å². The first-order chi connectivity index (χ1) is 10.5. The molecule has 0 spiro atoms. The van der Waals surface area contributed by atoms with Crippen molar-refractivity contribution in [2.45, 2.75) is 13.0 Å².